The highest BCUT2D eigenvalue weighted by Crippen LogP contribution is 2.34. The maximum absolute atomic E-state index is 13.0. The topological polar surface area (TPSA) is 44.9 Å². The van der Waals surface area contributed by atoms with E-state index in [-0.39, 0.29) is 11.4 Å². The van der Waals surface area contributed by atoms with Crippen molar-refractivity contribution in [2.45, 2.75) is 18.8 Å². The predicted molar refractivity (Wildman–Crippen MR) is 75.2 cm³/mol. The third kappa shape index (κ3) is 2.48. The van der Waals surface area contributed by atoms with Crippen LogP contribution in [0.25, 0.3) is 10.4 Å². The zero-order valence-corrected chi connectivity index (χ0v) is 11.2. The number of halogens is 1. The number of benzene rings is 1. The lowest BCUT2D eigenvalue weighted by Gasteiger charge is -2.22. The van der Waals surface area contributed by atoms with Crippen LogP contribution < -0.4 is 10.9 Å². The highest BCUT2D eigenvalue weighted by atomic mass is 32.1. The molecule has 3 nitrogen and oxygen atoms in total. The number of piperidine rings is 1. The molecule has 19 heavy (non-hydrogen) atoms. The monoisotopic (exact) mass is 278 g/mol. The van der Waals surface area contributed by atoms with Crippen LogP contribution in [0.1, 0.15) is 24.3 Å². The summed E-state index contributed by atoms with van der Waals surface area (Å²) in [7, 11) is 0. The lowest BCUT2D eigenvalue weighted by molar-refractivity contribution is 0.459. The smallest absolute Gasteiger partial charge is 0.262 e. The van der Waals surface area contributed by atoms with Crippen LogP contribution >= 0.6 is 11.5 Å². The lowest BCUT2D eigenvalue weighted by Crippen LogP contribution is -2.28. The summed E-state index contributed by atoms with van der Waals surface area (Å²) in [6.45, 7) is 1.89. The first-order chi connectivity index (χ1) is 9.25. The van der Waals surface area contributed by atoms with Crippen LogP contribution in [0.15, 0.2) is 29.1 Å². The fourth-order valence-electron chi connectivity index (χ4n) is 2.61. The van der Waals surface area contributed by atoms with Gasteiger partial charge in [0.05, 0.1) is 4.88 Å². The van der Waals surface area contributed by atoms with Crippen LogP contribution in [0, 0.1) is 5.82 Å². The fraction of sp³-hybridized carbons (Fsp3) is 0.357. The van der Waals surface area contributed by atoms with E-state index in [1.807, 2.05) is 0 Å². The summed E-state index contributed by atoms with van der Waals surface area (Å²) < 4.78 is 15.8. The average Bonchev–Trinajstić information content (AvgIpc) is 2.82. The SMILES string of the molecule is O=c1[nH]sc(-c2ccc(F)cc2)c1C1CCNCC1. The highest BCUT2D eigenvalue weighted by Gasteiger charge is 2.23. The van der Waals surface area contributed by atoms with Gasteiger partial charge in [0.2, 0.25) is 0 Å². The van der Waals surface area contributed by atoms with Gasteiger partial charge in [-0.25, -0.2) is 4.39 Å². The number of aromatic nitrogens is 1. The van der Waals surface area contributed by atoms with Crippen LogP contribution in [0.2, 0.25) is 0 Å². The van der Waals surface area contributed by atoms with E-state index in [1.54, 1.807) is 12.1 Å². The molecule has 0 bridgehead atoms. The van der Waals surface area contributed by atoms with Gasteiger partial charge in [0.25, 0.3) is 5.56 Å². The van der Waals surface area contributed by atoms with Gasteiger partial charge in [-0.3, -0.25) is 9.17 Å². The predicted octanol–water partition coefficient (Wildman–Crippen LogP) is 2.71. The van der Waals surface area contributed by atoms with E-state index in [0.717, 1.165) is 41.9 Å². The Morgan fingerprint density at radius 2 is 1.84 bits per heavy atom. The van der Waals surface area contributed by atoms with Gasteiger partial charge in [-0.15, -0.1) is 0 Å². The molecule has 1 aromatic heterocycles. The molecule has 0 radical (unpaired) electrons. The molecule has 1 saturated heterocycles. The molecule has 0 amide bonds. The number of hydrogen-bond acceptors (Lipinski definition) is 3. The number of nitrogens with one attached hydrogen (secondary N) is 2. The first kappa shape index (κ1) is 12.6. The highest BCUT2D eigenvalue weighted by molar-refractivity contribution is 7.09. The molecule has 1 aliphatic heterocycles. The molecule has 0 spiro atoms. The zero-order valence-electron chi connectivity index (χ0n) is 10.4. The van der Waals surface area contributed by atoms with Crippen molar-refractivity contribution < 1.29 is 4.39 Å². The Morgan fingerprint density at radius 3 is 2.53 bits per heavy atom. The largest absolute Gasteiger partial charge is 0.317 e. The molecule has 2 N–H and O–H groups in total. The van der Waals surface area contributed by atoms with E-state index in [0.29, 0.717) is 5.92 Å². The average molecular weight is 278 g/mol. The van der Waals surface area contributed by atoms with Gasteiger partial charge in [-0.05, 0) is 49.5 Å². The molecular formula is C14H15FN2OS. The van der Waals surface area contributed by atoms with E-state index in [9.17, 15) is 9.18 Å². The van der Waals surface area contributed by atoms with E-state index < -0.39 is 0 Å². The molecule has 100 valence electrons. The second-order valence-electron chi connectivity index (χ2n) is 4.81. The summed E-state index contributed by atoms with van der Waals surface area (Å²) in [6, 6.07) is 6.34. The van der Waals surface area contributed by atoms with Gasteiger partial charge in [-0.1, -0.05) is 23.7 Å². The third-order valence-corrected chi connectivity index (χ3v) is 4.54. The van der Waals surface area contributed by atoms with Crippen molar-refractivity contribution in [1.29, 1.82) is 0 Å². The Morgan fingerprint density at radius 1 is 1.16 bits per heavy atom. The first-order valence-corrected chi connectivity index (χ1v) is 7.25. The van der Waals surface area contributed by atoms with Crippen LogP contribution in [0.5, 0.6) is 0 Å². The summed E-state index contributed by atoms with van der Waals surface area (Å²) in [4.78, 5) is 13.0. The summed E-state index contributed by atoms with van der Waals surface area (Å²) in [6.07, 6.45) is 1.96. The van der Waals surface area contributed by atoms with Crippen molar-refractivity contribution in [3.05, 3.63) is 46.0 Å². The zero-order chi connectivity index (χ0) is 13.2. The van der Waals surface area contributed by atoms with Crippen molar-refractivity contribution in [2.24, 2.45) is 0 Å². The molecular weight excluding hydrogens is 263 g/mol. The molecule has 1 aliphatic rings. The molecule has 0 unspecified atom stereocenters. The Bertz CT molecular complexity index is 611. The van der Waals surface area contributed by atoms with Gasteiger partial charge < -0.3 is 5.32 Å². The normalized spacial score (nSPS) is 16.7. The van der Waals surface area contributed by atoms with Crippen molar-refractivity contribution >= 4 is 11.5 Å². The first-order valence-electron chi connectivity index (χ1n) is 6.44. The summed E-state index contributed by atoms with van der Waals surface area (Å²) >= 11 is 1.35. The summed E-state index contributed by atoms with van der Waals surface area (Å²) in [5.41, 5.74) is 1.80. The Kier molecular flexibility index (Phi) is 3.48. The van der Waals surface area contributed by atoms with Crippen LogP contribution in [-0.4, -0.2) is 17.5 Å². The molecule has 0 saturated carbocycles. The number of hydrogen-bond donors (Lipinski definition) is 2. The van der Waals surface area contributed by atoms with E-state index >= 15 is 0 Å². The lowest BCUT2D eigenvalue weighted by atomic mass is 9.89. The van der Waals surface area contributed by atoms with Gasteiger partial charge >= 0.3 is 0 Å². The standard InChI is InChI=1S/C14H15FN2OS/c15-11-3-1-10(2-4-11)13-12(14(18)17-19-13)9-5-7-16-8-6-9/h1-4,9,16H,5-8H2,(H,17,18). The fourth-order valence-corrected chi connectivity index (χ4v) is 3.54. The maximum atomic E-state index is 13.0. The van der Waals surface area contributed by atoms with Crippen molar-refractivity contribution in [2.75, 3.05) is 13.1 Å². The molecule has 1 fully saturated rings. The number of rotatable bonds is 2. The minimum Gasteiger partial charge on any atom is -0.317 e. The molecule has 2 aromatic rings. The Hall–Kier alpha value is -1.46. The summed E-state index contributed by atoms with van der Waals surface area (Å²) in [5.74, 6) is 0.0475. The van der Waals surface area contributed by atoms with Crippen molar-refractivity contribution in [3.63, 3.8) is 0 Å². The minimum atomic E-state index is -0.255. The van der Waals surface area contributed by atoms with Gasteiger partial charge in [-0.2, -0.15) is 0 Å². The minimum absolute atomic E-state index is 0.0104. The van der Waals surface area contributed by atoms with E-state index in [4.69, 9.17) is 0 Å². The molecule has 1 aromatic carbocycles. The van der Waals surface area contributed by atoms with Crippen LogP contribution in [-0.2, 0) is 0 Å². The number of aromatic amines is 1. The van der Waals surface area contributed by atoms with Gasteiger partial charge in [0.1, 0.15) is 5.82 Å². The van der Waals surface area contributed by atoms with Gasteiger partial charge in [0, 0.05) is 5.56 Å². The maximum Gasteiger partial charge on any atom is 0.262 e. The molecule has 3 rings (SSSR count). The quantitative estimate of drug-likeness (QED) is 0.887. The van der Waals surface area contributed by atoms with Crippen LogP contribution in [0.4, 0.5) is 4.39 Å². The number of H-pyrrole nitrogens is 1. The molecule has 0 aliphatic carbocycles. The second kappa shape index (κ2) is 5.27. The molecule has 2 heterocycles. The summed E-state index contributed by atoms with van der Waals surface area (Å²) in [5, 5.41) is 3.30. The Labute approximate surface area is 114 Å². The van der Waals surface area contributed by atoms with Crippen LogP contribution in [0.3, 0.4) is 0 Å². The van der Waals surface area contributed by atoms with E-state index in [2.05, 4.69) is 9.69 Å². The van der Waals surface area contributed by atoms with Crippen molar-refractivity contribution in [3.8, 4) is 10.4 Å². The van der Waals surface area contributed by atoms with Crippen molar-refractivity contribution in [1.82, 2.24) is 9.69 Å². The third-order valence-electron chi connectivity index (χ3n) is 3.59. The molecule has 0 atom stereocenters. The Balaban J connectivity index is 2.02. The van der Waals surface area contributed by atoms with E-state index in [1.165, 1.54) is 23.7 Å². The van der Waals surface area contributed by atoms with Gasteiger partial charge in [0.15, 0.2) is 0 Å². The second-order valence-corrected chi connectivity index (χ2v) is 5.62. The molecule has 5 heteroatoms.